The van der Waals surface area contributed by atoms with E-state index in [0.29, 0.717) is 5.92 Å². The molecule has 1 unspecified atom stereocenters. The molecule has 0 radical (unpaired) electrons. The zero-order chi connectivity index (χ0) is 5.70. The van der Waals surface area contributed by atoms with E-state index in [2.05, 4.69) is 13.8 Å². The maximum atomic E-state index is 9.87. The fourth-order valence-corrected chi connectivity index (χ4v) is 0.769. The van der Waals surface area contributed by atoms with Crippen molar-refractivity contribution in [2.75, 3.05) is 6.16 Å². The average Bonchev–Trinajstić information content (AvgIpc) is 1.68. The summed E-state index contributed by atoms with van der Waals surface area (Å²) < 4.78 is 9.87. The van der Waals surface area contributed by atoms with Gasteiger partial charge in [-0.1, -0.05) is 20.3 Å². The van der Waals surface area contributed by atoms with Crippen LogP contribution in [0.3, 0.4) is 0 Å². The third kappa shape index (κ3) is 3.94. The molecule has 0 saturated carbocycles. The van der Waals surface area contributed by atoms with E-state index in [1.54, 1.807) is 0 Å². The summed E-state index contributed by atoms with van der Waals surface area (Å²) in [5.41, 5.74) is 0. The Balaban J connectivity index is 2.98. The molecule has 0 aromatic carbocycles. The van der Waals surface area contributed by atoms with Crippen LogP contribution in [0.15, 0.2) is 0 Å². The van der Waals surface area contributed by atoms with Crippen LogP contribution < -0.4 is 0 Å². The van der Waals surface area contributed by atoms with Crippen molar-refractivity contribution in [1.29, 1.82) is 0 Å². The van der Waals surface area contributed by atoms with Crippen molar-refractivity contribution in [3.8, 4) is 0 Å². The highest BCUT2D eigenvalue weighted by Crippen LogP contribution is 2.06. The monoisotopic (exact) mass is 118 g/mol. The molecule has 0 bridgehead atoms. The van der Waals surface area contributed by atoms with Gasteiger partial charge in [0.25, 0.3) is 0 Å². The molecule has 42 valence electrons. The summed E-state index contributed by atoms with van der Waals surface area (Å²) in [6.45, 7) is 4.21. The summed E-state index contributed by atoms with van der Waals surface area (Å²) in [7, 11) is 0.290. The fraction of sp³-hybridized carbons (Fsp3) is 1.00. The third-order valence-corrected chi connectivity index (χ3v) is 1.86. The highest BCUT2D eigenvalue weighted by atomic mass is 31.1. The van der Waals surface area contributed by atoms with Gasteiger partial charge in [0.1, 0.15) is 0 Å². The van der Waals surface area contributed by atoms with Gasteiger partial charge >= 0.3 is 0 Å². The van der Waals surface area contributed by atoms with E-state index in [9.17, 15) is 4.57 Å². The summed E-state index contributed by atoms with van der Waals surface area (Å²) in [4.78, 5) is 0. The van der Waals surface area contributed by atoms with Crippen LogP contribution in [0, 0.1) is 5.92 Å². The van der Waals surface area contributed by atoms with Gasteiger partial charge in [-0.25, -0.2) is 0 Å². The van der Waals surface area contributed by atoms with Gasteiger partial charge in [-0.15, -0.1) is 0 Å². The van der Waals surface area contributed by atoms with Gasteiger partial charge < -0.3 is 0 Å². The van der Waals surface area contributed by atoms with Crippen LogP contribution in [0.4, 0.5) is 0 Å². The lowest BCUT2D eigenvalue weighted by Crippen LogP contribution is -1.90. The predicted molar refractivity (Wildman–Crippen MR) is 31.9 cm³/mol. The van der Waals surface area contributed by atoms with Gasteiger partial charge in [-0.05, 0) is 5.92 Å². The van der Waals surface area contributed by atoms with Crippen molar-refractivity contribution in [2.24, 2.45) is 5.92 Å². The molecular weight excluding hydrogens is 107 g/mol. The van der Waals surface area contributed by atoms with Crippen LogP contribution >= 0.6 is 8.46 Å². The van der Waals surface area contributed by atoms with Crippen LogP contribution in [-0.2, 0) is 4.57 Å². The Bertz CT molecular complexity index is 54.0. The molecule has 0 spiro atoms. The first-order valence-electron chi connectivity index (χ1n) is 2.60. The normalized spacial score (nSPS) is 14.6. The smallest absolute Gasteiger partial charge is 0.155 e. The largest absolute Gasteiger partial charge is 0.275 e. The van der Waals surface area contributed by atoms with Gasteiger partial charge in [0.05, 0.1) is 0 Å². The lowest BCUT2D eigenvalue weighted by Gasteiger charge is -1.97. The first-order valence-corrected chi connectivity index (χ1v) is 3.60. The lowest BCUT2D eigenvalue weighted by molar-refractivity contribution is 0.578. The van der Waals surface area contributed by atoms with Crippen molar-refractivity contribution in [1.82, 2.24) is 0 Å². The van der Waals surface area contributed by atoms with E-state index in [1.165, 1.54) is 0 Å². The molecule has 0 N–H and O–H groups in total. The summed E-state index contributed by atoms with van der Waals surface area (Å²) in [6, 6.07) is 0. The standard InChI is InChI=1S/C5H11OP/c1-3-5(2)4-7-6/h5H,3-4H2,1-2H3. The molecule has 0 aromatic heterocycles. The predicted octanol–water partition coefficient (Wildman–Crippen LogP) is 2.32. The molecule has 0 aliphatic heterocycles. The van der Waals surface area contributed by atoms with Gasteiger partial charge in [0.15, 0.2) is 8.46 Å². The van der Waals surface area contributed by atoms with Crippen LogP contribution in [0.2, 0.25) is 0 Å². The van der Waals surface area contributed by atoms with Crippen molar-refractivity contribution >= 4 is 8.46 Å². The van der Waals surface area contributed by atoms with Crippen molar-refractivity contribution < 1.29 is 4.57 Å². The quantitative estimate of drug-likeness (QED) is 0.520. The molecule has 7 heavy (non-hydrogen) atoms. The molecule has 0 amide bonds. The zero-order valence-electron chi connectivity index (χ0n) is 4.85. The molecule has 0 aliphatic rings. The molecule has 0 rings (SSSR count). The number of hydrogen-bond acceptors (Lipinski definition) is 1. The van der Waals surface area contributed by atoms with Crippen molar-refractivity contribution in [2.45, 2.75) is 20.3 Å². The van der Waals surface area contributed by atoms with Gasteiger partial charge in [-0.3, -0.25) is 4.57 Å². The second-order valence-corrected chi connectivity index (χ2v) is 2.45. The minimum absolute atomic E-state index is 0.290. The average molecular weight is 118 g/mol. The first-order chi connectivity index (χ1) is 3.31. The topological polar surface area (TPSA) is 17.1 Å². The summed E-state index contributed by atoms with van der Waals surface area (Å²) >= 11 is 0. The van der Waals surface area contributed by atoms with Crippen LogP contribution in [0.1, 0.15) is 20.3 Å². The molecule has 0 saturated heterocycles. The molecular formula is C5H11OP. The minimum atomic E-state index is 0.290. The number of hydrogen-bond donors (Lipinski definition) is 0. The second kappa shape index (κ2) is 4.26. The van der Waals surface area contributed by atoms with Crippen LogP contribution in [0.5, 0.6) is 0 Å². The van der Waals surface area contributed by atoms with E-state index in [4.69, 9.17) is 0 Å². The lowest BCUT2D eigenvalue weighted by atomic mass is 10.2. The van der Waals surface area contributed by atoms with Gasteiger partial charge in [0, 0.05) is 6.16 Å². The SMILES string of the molecule is CCC(C)CP=O. The van der Waals surface area contributed by atoms with Crippen LogP contribution in [-0.4, -0.2) is 6.16 Å². The zero-order valence-corrected chi connectivity index (χ0v) is 5.74. The Hall–Kier alpha value is 0.100. The molecule has 1 atom stereocenters. The third-order valence-electron chi connectivity index (χ3n) is 1.08. The van der Waals surface area contributed by atoms with E-state index in [0.717, 1.165) is 12.6 Å². The minimum Gasteiger partial charge on any atom is -0.275 e. The summed E-state index contributed by atoms with van der Waals surface area (Å²) in [5.74, 6) is 0.624. The fourth-order valence-electron chi connectivity index (χ4n) is 0.256. The van der Waals surface area contributed by atoms with Crippen molar-refractivity contribution in [3.05, 3.63) is 0 Å². The Kier molecular flexibility index (Phi) is 4.32. The van der Waals surface area contributed by atoms with E-state index in [-0.39, 0.29) is 8.46 Å². The Morgan fingerprint density at radius 3 is 2.43 bits per heavy atom. The van der Waals surface area contributed by atoms with Gasteiger partial charge in [-0.2, -0.15) is 0 Å². The highest BCUT2D eigenvalue weighted by molar-refractivity contribution is 7.23. The molecule has 2 heteroatoms. The Morgan fingerprint density at radius 2 is 2.29 bits per heavy atom. The van der Waals surface area contributed by atoms with Gasteiger partial charge in [0.2, 0.25) is 0 Å². The second-order valence-electron chi connectivity index (χ2n) is 1.83. The molecule has 1 nitrogen and oxygen atoms in total. The molecule has 0 heterocycles. The Labute approximate surface area is 46.3 Å². The van der Waals surface area contributed by atoms with E-state index in [1.807, 2.05) is 0 Å². The maximum absolute atomic E-state index is 9.87. The Morgan fingerprint density at radius 1 is 1.71 bits per heavy atom. The highest BCUT2D eigenvalue weighted by Gasteiger charge is 1.94. The van der Waals surface area contributed by atoms with E-state index >= 15 is 0 Å². The number of rotatable bonds is 3. The molecule has 0 aliphatic carbocycles. The summed E-state index contributed by atoms with van der Waals surface area (Å²) in [6.07, 6.45) is 1.95. The molecule has 0 fully saturated rings. The van der Waals surface area contributed by atoms with Crippen LogP contribution in [0.25, 0.3) is 0 Å². The van der Waals surface area contributed by atoms with E-state index < -0.39 is 0 Å². The maximum Gasteiger partial charge on any atom is 0.155 e. The first kappa shape index (κ1) is 7.10. The van der Waals surface area contributed by atoms with Crippen molar-refractivity contribution in [3.63, 3.8) is 0 Å². The summed E-state index contributed by atoms with van der Waals surface area (Å²) in [5, 5.41) is 0. The molecule has 0 aromatic rings.